The van der Waals surface area contributed by atoms with Crippen LogP contribution in [0.1, 0.15) is 11.8 Å². The predicted molar refractivity (Wildman–Crippen MR) is 94.7 cm³/mol. The smallest absolute Gasteiger partial charge is 0.225 e. The highest BCUT2D eigenvalue weighted by Gasteiger charge is 2.24. The van der Waals surface area contributed by atoms with E-state index in [-0.39, 0.29) is 11.9 Å². The molecule has 1 aliphatic rings. The largest absolute Gasteiger partial charge is 0.368 e. The summed E-state index contributed by atoms with van der Waals surface area (Å²) in [6, 6.07) is 10.4. The van der Waals surface area contributed by atoms with Crippen molar-refractivity contribution in [3.05, 3.63) is 66.5 Å². The first-order valence-electron chi connectivity index (χ1n) is 8.27. The second-order valence-corrected chi connectivity index (χ2v) is 5.79. The number of hydrogen-bond acceptors (Lipinski definition) is 7. The summed E-state index contributed by atoms with van der Waals surface area (Å²) in [4.78, 5) is 19.3. The van der Waals surface area contributed by atoms with Gasteiger partial charge in [0.1, 0.15) is 23.6 Å². The van der Waals surface area contributed by atoms with Gasteiger partial charge >= 0.3 is 0 Å². The molecule has 0 amide bonds. The molecule has 0 aromatic carbocycles. The van der Waals surface area contributed by atoms with Crippen LogP contribution < -0.4 is 10.2 Å². The Kier molecular flexibility index (Phi) is 4.65. The zero-order valence-electron chi connectivity index (χ0n) is 13.9. The Bertz CT molecular complexity index is 861. The average Bonchev–Trinajstić information content (AvgIpc) is 2.71. The number of halogens is 1. The molecule has 0 bridgehead atoms. The van der Waals surface area contributed by atoms with Crippen molar-refractivity contribution in [1.82, 2.24) is 19.9 Å². The van der Waals surface area contributed by atoms with E-state index in [1.165, 1.54) is 6.07 Å². The van der Waals surface area contributed by atoms with E-state index in [1.807, 2.05) is 18.2 Å². The maximum atomic E-state index is 13.0. The van der Waals surface area contributed by atoms with Gasteiger partial charge in [-0.1, -0.05) is 6.07 Å². The molecule has 4 heterocycles. The maximum absolute atomic E-state index is 13.0. The van der Waals surface area contributed by atoms with Gasteiger partial charge in [0.25, 0.3) is 0 Å². The first-order valence-corrected chi connectivity index (χ1v) is 8.27. The molecular formula is C18H17FN6O. The fraction of sp³-hybridized carbons (Fsp3) is 0.222. The lowest BCUT2D eigenvalue weighted by Gasteiger charge is -2.32. The number of ether oxygens (including phenoxy) is 1. The van der Waals surface area contributed by atoms with Gasteiger partial charge in [0.2, 0.25) is 5.95 Å². The SMILES string of the molecule is Fc1ccc(Nc2cccc([C@@H]3CN(c4ncccn4)CCO3)n2)nc1. The lowest BCUT2D eigenvalue weighted by Crippen LogP contribution is -2.39. The Labute approximate surface area is 149 Å². The zero-order valence-corrected chi connectivity index (χ0v) is 13.9. The van der Waals surface area contributed by atoms with E-state index >= 15 is 0 Å². The van der Waals surface area contributed by atoms with Crippen molar-refractivity contribution in [2.75, 3.05) is 29.9 Å². The van der Waals surface area contributed by atoms with Gasteiger partial charge in [0.05, 0.1) is 25.0 Å². The summed E-state index contributed by atoms with van der Waals surface area (Å²) in [6.07, 6.45) is 4.43. The monoisotopic (exact) mass is 352 g/mol. The van der Waals surface area contributed by atoms with Crippen LogP contribution in [0.2, 0.25) is 0 Å². The van der Waals surface area contributed by atoms with E-state index < -0.39 is 0 Å². The third-order valence-corrected chi connectivity index (χ3v) is 3.99. The van der Waals surface area contributed by atoms with Crippen molar-refractivity contribution in [3.8, 4) is 0 Å². The molecule has 3 aromatic rings. The van der Waals surface area contributed by atoms with Gasteiger partial charge in [-0.15, -0.1) is 0 Å². The van der Waals surface area contributed by atoms with Crippen LogP contribution in [0.4, 0.5) is 22.0 Å². The molecule has 3 aromatic heterocycles. The molecule has 26 heavy (non-hydrogen) atoms. The van der Waals surface area contributed by atoms with Crippen LogP contribution in [-0.2, 0) is 4.74 Å². The van der Waals surface area contributed by atoms with Gasteiger partial charge in [-0.05, 0) is 30.3 Å². The van der Waals surface area contributed by atoms with Crippen LogP contribution in [0.25, 0.3) is 0 Å². The number of aromatic nitrogens is 4. The minimum atomic E-state index is -0.379. The fourth-order valence-corrected chi connectivity index (χ4v) is 2.75. The van der Waals surface area contributed by atoms with E-state index in [2.05, 4.69) is 30.2 Å². The predicted octanol–water partition coefficient (Wildman–Crippen LogP) is 2.73. The Balaban J connectivity index is 1.49. The van der Waals surface area contributed by atoms with Gasteiger partial charge < -0.3 is 15.0 Å². The van der Waals surface area contributed by atoms with E-state index in [4.69, 9.17) is 4.74 Å². The van der Waals surface area contributed by atoms with E-state index in [9.17, 15) is 4.39 Å². The third kappa shape index (κ3) is 3.75. The summed E-state index contributed by atoms with van der Waals surface area (Å²) in [6.45, 7) is 1.93. The number of nitrogens with zero attached hydrogens (tertiary/aromatic N) is 5. The molecule has 0 radical (unpaired) electrons. The quantitative estimate of drug-likeness (QED) is 0.774. The molecule has 1 fully saturated rings. The van der Waals surface area contributed by atoms with E-state index in [0.717, 1.165) is 18.4 Å². The highest BCUT2D eigenvalue weighted by atomic mass is 19.1. The number of nitrogens with one attached hydrogen (secondary N) is 1. The number of morpholine rings is 1. The molecule has 4 rings (SSSR count). The second-order valence-electron chi connectivity index (χ2n) is 5.79. The van der Waals surface area contributed by atoms with Crippen molar-refractivity contribution >= 4 is 17.6 Å². The molecule has 1 aliphatic heterocycles. The highest BCUT2D eigenvalue weighted by Crippen LogP contribution is 2.24. The minimum absolute atomic E-state index is 0.185. The van der Waals surface area contributed by atoms with Gasteiger partial charge in [-0.25, -0.2) is 24.3 Å². The highest BCUT2D eigenvalue weighted by molar-refractivity contribution is 5.51. The average molecular weight is 352 g/mol. The Morgan fingerprint density at radius 3 is 2.73 bits per heavy atom. The lowest BCUT2D eigenvalue weighted by molar-refractivity contribution is 0.0365. The van der Waals surface area contributed by atoms with Crippen LogP contribution >= 0.6 is 0 Å². The number of pyridine rings is 2. The van der Waals surface area contributed by atoms with Crippen molar-refractivity contribution < 1.29 is 9.13 Å². The van der Waals surface area contributed by atoms with Gasteiger partial charge in [0, 0.05) is 18.9 Å². The molecule has 8 heteroatoms. The number of rotatable bonds is 4. The molecule has 0 unspecified atom stereocenters. The Morgan fingerprint density at radius 2 is 1.92 bits per heavy atom. The summed E-state index contributed by atoms with van der Waals surface area (Å²) in [7, 11) is 0. The van der Waals surface area contributed by atoms with E-state index in [0.29, 0.717) is 30.7 Å². The summed E-state index contributed by atoms with van der Waals surface area (Å²) >= 11 is 0. The maximum Gasteiger partial charge on any atom is 0.225 e. The molecule has 7 nitrogen and oxygen atoms in total. The lowest BCUT2D eigenvalue weighted by atomic mass is 10.2. The van der Waals surface area contributed by atoms with Gasteiger partial charge in [-0.3, -0.25) is 0 Å². The first-order chi connectivity index (χ1) is 12.8. The molecule has 0 spiro atoms. The van der Waals surface area contributed by atoms with Crippen molar-refractivity contribution in [3.63, 3.8) is 0 Å². The molecule has 0 saturated carbocycles. The summed E-state index contributed by atoms with van der Waals surface area (Å²) in [5.41, 5.74) is 0.803. The van der Waals surface area contributed by atoms with Gasteiger partial charge in [0.15, 0.2) is 0 Å². The topological polar surface area (TPSA) is 76.1 Å². The molecule has 1 atom stereocenters. The zero-order chi connectivity index (χ0) is 17.8. The van der Waals surface area contributed by atoms with Crippen molar-refractivity contribution in [2.45, 2.75) is 6.10 Å². The Hall–Kier alpha value is -3.13. The number of hydrogen-bond donors (Lipinski definition) is 1. The summed E-state index contributed by atoms with van der Waals surface area (Å²) in [5.74, 6) is 1.46. The third-order valence-electron chi connectivity index (χ3n) is 3.99. The van der Waals surface area contributed by atoms with E-state index in [1.54, 1.807) is 24.5 Å². The minimum Gasteiger partial charge on any atom is -0.368 e. The standard InChI is InChI=1S/C18H17FN6O/c19-13-5-6-16(22-11-13)24-17-4-1-3-14(23-17)15-12-25(9-10-26-15)18-20-7-2-8-21-18/h1-8,11,15H,9-10,12H2,(H,22,23,24)/t15-/m0/s1. The van der Waals surface area contributed by atoms with Crippen molar-refractivity contribution in [1.29, 1.82) is 0 Å². The molecule has 132 valence electrons. The Morgan fingerprint density at radius 1 is 1.04 bits per heavy atom. The van der Waals surface area contributed by atoms with Crippen LogP contribution in [0.15, 0.2) is 55.0 Å². The normalized spacial score (nSPS) is 17.1. The van der Waals surface area contributed by atoms with Crippen molar-refractivity contribution in [2.24, 2.45) is 0 Å². The van der Waals surface area contributed by atoms with Gasteiger partial charge in [-0.2, -0.15) is 0 Å². The van der Waals surface area contributed by atoms with Crippen LogP contribution in [0.3, 0.4) is 0 Å². The second kappa shape index (κ2) is 7.40. The molecular weight excluding hydrogens is 335 g/mol. The molecule has 0 aliphatic carbocycles. The fourth-order valence-electron chi connectivity index (χ4n) is 2.75. The van der Waals surface area contributed by atoms with Crippen LogP contribution in [-0.4, -0.2) is 39.6 Å². The number of anilines is 3. The summed E-state index contributed by atoms with van der Waals surface area (Å²) in [5, 5.41) is 3.07. The van der Waals surface area contributed by atoms with Crippen LogP contribution in [0, 0.1) is 5.82 Å². The molecule has 1 N–H and O–H groups in total. The first kappa shape index (κ1) is 16.3. The summed E-state index contributed by atoms with van der Waals surface area (Å²) < 4.78 is 18.9. The molecule has 1 saturated heterocycles. The van der Waals surface area contributed by atoms with Crippen LogP contribution in [0.5, 0.6) is 0 Å².